The van der Waals surface area contributed by atoms with Gasteiger partial charge in [0.15, 0.2) is 0 Å². The third kappa shape index (κ3) is 3.45. The summed E-state index contributed by atoms with van der Waals surface area (Å²) < 4.78 is 2.46. The highest BCUT2D eigenvalue weighted by Gasteiger charge is 2.13. The quantitative estimate of drug-likeness (QED) is 0.285. The first-order valence-corrected chi connectivity index (χ1v) is 11.2. The fraction of sp³-hybridized carbons (Fsp3) is 0.200. The minimum Gasteiger partial charge on any atom is -0.341 e. The normalized spacial score (nSPS) is 11.5. The molecule has 0 aliphatic rings. The molecule has 0 aliphatic carbocycles. The molecular formula is C30H29N. The van der Waals surface area contributed by atoms with Gasteiger partial charge in [0.05, 0.1) is 0 Å². The summed E-state index contributed by atoms with van der Waals surface area (Å²) in [6, 6.07) is 27.5. The number of fused-ring (bicyclic) bond motifs is 3. The minimum atomic E-state index is 0.951. The van der Waals surface area contributed by atoms with Gasteiger partial charge in [-0.3, -0.25) is 0 Å². The van der Waals surface area contributed by atoms with Gasteiger partial charge in [0.25, 0.3) is 0 Å². The number of hydrogen-bond acceptors (Lipinski definition) is 0. The summed E-state index contributed by atoms with van der Waals surface area (Å²) in [7, 11) is 0. The molecule has 0 amide bonds. The summed E-state index contributed by atoms with van der Waals surface area (Å²) in [5, 5.41) is 2.66. The molecule has 154 valence electrons. The van der Waals surface area contributed by atoms with E-state index in [1.807, 2.05) is 0 Å². The zero-order chi connectivity index (χ0) is 21.7. The topological polar surface area (TPSA) is 4.93 Å². The number of rotatable bonds is 3. The molecule has 0 spiro atoms. The smallest absolute Gasteiger partial charge is 0.0497 e. The lowest BCUT2D eigenvalue weighted by Crippen LogP contribution is -1.94. The Morgan fingerprint density at radius 2 is 0.871 bits per heavy atom. The lowest BCUT2D eigenvalue weighted by molar-refractivity contribution is 0.827. The predicted octanol–water partition coefficient (Wildman–Crippen LogP) is 8.38. The Bertz CT molecular complexity index is 1300. The van der Waals surface area contributed by atoms with Crippen LogP contribution in [0.4, 0.5) is 0 Å². The number of hydrogen-bond donors (Lipinski definition) is 0. The van der Waals surface area contributed by atoms with Crippen molar-refractivity contribution in [3.05, 3.63) is 95.1 Å². The SMILES string of the molecule is CCn1c2cc(-c3cc(C)cc(C)c3)ccc2c2ccc(-c3cc(C)cc(C)c3)cc21. The molecule has 1 nitrogen and oxygen atoms in total. The van der Waals surface area contributed by atoms with Crippen LogP contribution in [0.1, 0.15) is 29.2 Å². The molecule has 0 N–H and O–H groups in total. The first-order chi connectivity index (χ1) is 14.9. The Labute approximate surface area is 185 Å². The average Bonchev–Trinajstić information content (AvgIpc) is 3.04. The molecule has 0 saturated heterocycles. The molecule has 0 radical (unpaired) electrons. The van der Waals surface area contributed by atoms with Crippen molar-refractivity contribution in [2.45, 2.75) is 41.2 Å². The highest BCUT2D eigenvalue weighted by atomic mass is 15.0. The first-order valence-electron chi connectivity index (χ1n) is 11.2. The van der Waals surface area contributed by atoms with Crippen molar-refractivity contribution < 1.29 is 0 Å². The van der Waals surface area contributed by atoms with E-state index in [2.05, 4.69) is 112 Å². The van der Waals surface area contributed by atoms with E-state index < -0.39 is 0 Å². The summed E-state index contributed by atoms with van der Waals surface area (Å²) in [6.07, 6.45) is 0. The second-order valence-electron chi connectivity index (χ2n) is 8.96. The van der Waals surface area contributed by atoms with Crippen LogP contribution in [0.5, 0.6) is 0 Å². The van der Waals surface area contributed by atoms with Gasteiger partial charge in [0.1, 0.15) is 0 Å². The van der Waals surface area contributed by atoms with Crippen LogP contribution in [-0.2, 0) is 6.54 Å². The Morgan fingerprint density at radius 3 is 1.23 bits per heavy atom. The molecule has 1 heteroatoms. The van der Waals surface area contributed by atoms with Crippen molar-refractivity contribution in [2.24, 2.45) is 0 Å². The van der Waals surface area contributed by atoms with Crippen molar-refractivity contribution >= 4 is 21.8 Å². The van der Waals surface area contributed by atoms with Crippen molar-refractivity contribution in [1.82, 2.24) is 4.57 Å². The molecule has 0 fully saturated rings. The molecule has 5 rings (SSSR count). The summed E-state index contributed by atoms with van der Waals surface area (Å²) in [5.74, 6) is 0. The maximum Gasteiger partial charge on any atom is 0.0497 e. The number of benzene rings is 4. The zero-order valence-corrected chi connectivity index (χ0v) is 19.1. The van der Waals surface area contributed by atoms with Gasteiger partial charge in [-0.25, -0.2) is 0 Å². The predicted molar refractivity (Wildman–Crippen MR) is 135 cm³/mol. The summed E-state index contributed by atoms with van der Waals surface area (Å²) in [5.41, 5.74) is 13.0. The van der Waals surface area contributed by atoms with Crippen molar-refractivity contribution in [3.8, 4) is 22.3 Å². The van der Waals surface area contributed by atoms with Crippen molar-refractivity contribution in [1.29, 1.82) is 0 Å². The van der Waals surface area contributed by atoms with Crippen LogP contribution in [0.3, 0.4) is 0 Å². The molecule has 0 saturated carbocycles. The monoisotopic (exact) mass is 403 g/mol. The van der Waals surface area contributed by atoms with E-state index in [9.17, 15) is 0 Å². The van der Waals surface area contributed by atoms with Gasteiger partial charge in [-0.15, -0.1) is 0 Å². The zero-order valence-electron chi connectivity index (χ0n) is 19.1. The lowest BCUT2D eigenvalue weighted by atomic mass is 9.98. The van der Waals surface area contributed by atoms with Gasteiger partial charge in [-0.05, 0) is 69.0 Å². The molecule has 5 aromatic rings. The van der Waals surface area contributed by atoms with E-state index in [1.165, 1.54) is 66.3 Å². The highest BCUT2D eigenvalue weighted by Crippen LogP contribution is 2.35. The fourth-order valence-electron chi connectivity index (χ4n) is 5.08. The second kappa shape index (κ2) is 7.42. The van der Waals surface area contributed by atoms with E-state index in [4.69, 9.17) is 0 Å². The molecule has 1 heterocycles. The molecule has 0 bridgehead atoms. The van der Waals surface area contributed by atoms with Gasteiger partial charge in [0, 0.05) is 28.4 Å². The van der Waals surface area contributed by atoms with Crippen LogP contribution in [0.15, 0.2) is 72.8 Å². The van der Waals surface area contributed by atoms with E-state index in [1.54, 1.807) is 0 Å². The molecule has 0 atom stereocenters. The van der Waals surface area contributed by atoms with Crippen molar-refractivity contribution in [2.75, 3.05) is 0 Å². The number of nitrogens with zero attached hydrogens (tertiary/aromatic N) is 1. The maximum atomic E-state index is 2.46. The van der Waals surface area contributed by atoms with Gasteiger partial charge >= 0.3 is 0 Å². The molecule has 31 heavy (non-hydrogen) atoms. The summed E-state index contributed by atoms with van der Waals surface area (Å²) >= 11 is 0. The largest absolute Gasteiger partial charge is 0.341 e. The van der Waals surface area contributed by atoms with Crippen LogP contribution in [0.2, 0.25) is 0 Å². The number of aromatic nitrogens is 1. The van der Waals surface area contributed by atoms with Crippen molar-refractivity contribution in [3.63, 3.8) is 0 Å². The van der Waals surface area contributed by atoms with E-state index >= 15 is 0 Å². The average molecular weight is 404 g/mol. The van der Waals surface area contributed by atoms with Crippen LogP contribution in [0, 0.1) is 27.7 Å². The van der Waals surface area contributed by atoms with Gasteiger partial charge in [-0.1, -0.05) is 82.9 Å². The number of aryl methyl sites for hydroxylation is 5. The first kappa shape index (κ1) is 19.6. The van der Waals surface area contributed by atoms with E-state index in [0.717, 1.165) is 6.54 Å². The summed E-state index contributed by atoms with van der Waals surface area (Å²) in [4.78, 5) is 0. The molecule has 4 aromatic carbocycles. The van der Waals surface area contributed by atoms with E-state index in [-0.39, 0.29) is 0 Å². The fourth-order valence-corrected chi connectivity index (χ4v) is 5.08. The maximum absolute atomic E-state index is 2.46. The lowest BCUT2D eigenvalue weighted by Gasteiger charge is -2.09. The Morgan fingerprint density at radius 1 is 0.484 bits per heavy atom. The third-order valence-electron chi connectivity index (χ3n) is 6.29. The Hall–Kier alpha value is -3.32. The minimum absolute atomic E-state index is 0.951. The van der Waals surface area contributed by atoms with Gasteiger partial charge in [0.2, 0.25) is 0 Å². The summed E-state index contributed by atoms with van der Waals surface area (Å²) in [6.45, 7) is 11.9. The molecule has 1 aromatic heterocycles. The van der Waals surface area contributed by atoms with Crippen LogP contribution < -0.4 is 0 Å². The van der Waals surface area contributed by atoms with Crippen LogP contribution >= 0.6 is 0 Å². The van der Waals surface area contributed by atoms with E-state index in [0.29, 0.717) is 0 Å². The van der Waals surface area contributed by atoms with Gasteiger partial charge < -0.3 is 4.57 Å². The third-order valence-corrected chi connectivity index (χ3v) is 6.29. The van der Waals surface area contributed by atoms with Gasteiger partial charge in [-0.2, -0.15) is 0 Å². The van der Waals surface area contributed by atoms with Crippen LogP contribution in [-0.4, -0.2) is 4.57 Å². The van der Waals surface area contributed by atoms with Crippen LogP contribution in [0.25, 0.3) is 44.1 Å². The highest BCUT2D eigenvalue weighted by molar-refractivity contribution is 6.10. The Kier molecular flexibility index (Phi) is 4.70. The molecule has 0 unspecified atom stereocenters. The standard InChI is InChI=1S/C30H29N/c1-6-31-29-17-23(25-13-19(2)11-20(3)14-25)7-9-27(29)28-10-8-24(18-30(28)31)26-15-21(4)12-22(5)16-26/h7-18H,6H2,1-5H3. The molecule has 0 aliphatic heterocycles. The molecular weight excluding hydrogens is 374 g/mol. The second-order valence-corrected chi connectivity index (χ2v) is 8.96. The Balaban J connectivity index is 1.73.